The number of carboxylic acid groups (broad SMARTS) is 1. The Morgan fingerprint density at radius 3 is 2.82 bits per heavy atom. The predicted octanol–water partition coefficient (Wildman–Crippen LogP) is 4.37. The van der Waals surface area contributed by atoms with Gasteiger partial charge in [-0.3, -0.25) is 9.59 Å². The normalized spacial score (nSPS) is 16.5. The molecule has 0 saturated carbocycles. The minimum absolute atomic E-state index is 0.0619. The number of aryl methyl sites for hydroxylation is 1. The van der Waals surface area contributed by atoms with Crippen molar-refractivity contribution in [3.63, 3.8) is 0 Å². The van der Waals surface area contributed by atoms with Crippen LogP contribution in [0.3, 0.4) is 0 Å². The van der Waals surface area contributed by atoms with E-state index in [0.717, 1.165) is 27.9 Å². The fraction of sp³-hybridized carbons (Fsp3) is 0.211. The summed E-state index contributed by atoms with van der Waals surface area (Å²) in [6.07, 6.45) is -0.299. The van der Waals surface area contributed by atoms with Gasteiger partial charge in [0.1, 0.15) is 5.01 Å². The molecule has 5 nitrogen and oxygen atoms in total. The van der Waals surface area contributed by atoms with Crippen molar-refractivity contribution in [2.24, 2.45) is 0 Å². The molecular weight excluding hydrogens is 406 g/mol. The molecule has 1 aromatic heterocycles. The van der Waals surface area contributed by atoms with Gasteiger partial charge in [-0.1, -0.05) is 6.07 Å². The number of anilines is 1. The van der Waals surface area contributed by atoms with E-state index in [4.69, 9.17) is 5.11 Å². The van der Waals surface area contributed by atoms with Gasteiger partial charge in [0.25, 0.3) is 0 Å². The Morgan fingerprint density at radius 2 is 2.07 bits per heavy atom. The molecule has 1 atom stereocenters. The number of hydrogen-bond acceptors (Lipinski definition) is 5. The molecule has 4 rings (SSSR count). The number of halogens is 2. The third-order valence-electron chi connectivity index (χ3n) is 4.36. The number of thiazole rings is 1. The first-order valence-corrected chi connectivity index (χ1v) is 10.1. The van der Waals surface area contributed by atoms with Gasteiger partial charge >= 0.3 is 5.97 Å². The number of carbonyl (C=O) groups is 2. The standard InChI is InChI=1S/C19H14F2N2O3S2/c1-9-2-5-13-12(6-9)23(19(26)14(27-13)7-16(24)25)8-15-22-11-4-3-10(20)17(21)18(11)28-15/h2-6,14H,7-8H2,1H3,(H,24,25). The maximum Gasteiger partial charge on any atom is 0.305 e. The van der Waals surface area contributed by atoms with Crippen LogP contribution >= 0.6 is 23.1 Å². The third kappa shape index (κ3) is 3.35. The highest BCUT2D eigenvalue weighted by molar-refractivity contribution is 8.01. The molecule has 1 aliphatic heterocycles. The quantitative estimate of drug-likeness (QED) is 0.679. The van der Waals surface area contributed by atoms with Crippen molar-refractivity contribution in [1.29, 1.82) is 0 Å². The van der Waals surface area contributed by atoms with E-state index in [1.54, 1.807) is 0 Å². The van der Waals surface area contributed by atoms with Crippen LogP contribution in [0, 0.1) is 18.6 Å². The Morgan fingerprint density at radius 1 is 1.29 bits per heavy atom. The largest absolute Gasteiger partial charge is 0.481 e. The highest BCUT2D eigenvalue weighted by atomic mass is 32.2. The second kappa shape index (κ2) is 7.14. The summed E-state index contributed by atoms with van der Waals surface area (Å²) < 4.78 is 27.6. The maximum absolute atomic E-state index is 14.0. The minimum atomic E-state index is -1.06. The summed E-state index contributed by atoms with van der Waals surface area (Å²) in [4.78, 5) is 30.7. The van der Waals surface area contributed by atoms with Gasteiger partial charge in [-0.25, -0.2) is 13.8 Å². The van der Waals surface area contributed by atoms with Gasteiger partial charge in [0.05, 0.1) is 34.1 Å². The van der Waals surface area contributed by atoms with Crippen molar-refractivity contribution in [1.82, 2.24) is 4.98 Å². The molecule has 2 aromatic carbocycles. The number of benzene rings is 2. The van der Waals surface area contributed by atoms with E-state index >= 15 is 0 Å². The first-order chi connectivity index (χ1) is 13.3. The molecule has 1 unspecified atom stereocenters. The third-order valence-corrected chi connectivity index (χ3v) is 6.66. The van der Waals surface area contributed by atoms with Crippen LogP contribution in [0.4, 0.5) is 14.5 Å². The van der Waals surface area contributed by atoms with Gasteiger partial charge in [-0.2, -0.15) is 0 Å². The second-order valence-corrected chi connectivity index (χ2v) is 8.75. The SMILES string of the molecule is Cc1ccc2c(c1)N(Cc1nc3ccc(F)c(F)c3s1)C(=O)C(CC(=O)O)S2. The predicted molar refractivity (Wildman–Crippen MR) is 104 cm³/mol. The molecule has 3 aromatic rings. The van der Waals surface area contributed by atoms with Crippen molar-refractivity contribution >= 4 is 50.9 Å². The smallest absolute Gasteiger partial charge is 0.305 e. The van der Waals surface area contributed by atoms with E-state index in [0.29, 0.717) is 16.2 Å². The van der Waals surface area contributed by atoms with Gasteiger partial charge in [-0.05, 0) is 36.8 Å². The Bertz CT molecular complexity index is 1120. The maximum atomic E-state index is 14.0. The van der Waals surface area contributed by atoms with Crippen LogP contribution in [0.5, 0.6) is 0 Å². The summed E-state index contributed by atoms with van der Waals surface area (Å²) >= 11 is 2.21. The van der Waals surface area contributed by atoms with Gasteiger partial charge in [0.2, 0.25) is 5.91 Å². The molecule has 0 saturated heterocycles. The zero-order valence-corrected chi connectivity index (χ0v) is 16.2. The number of carboxylic acids is 1. The average Bonchev–Trinajstić information content (AvgIpc) is 3.05. The molecule has 0 radical (unpaired) electrons. The molecule has 0 spiro atoms. The number of nitrogens with zero attached hydrogens (tertiary/aromatic N) is 2. The van der Waals surface area contributed by atoms with Crippen LogP contribution in [0.15, 0.2) is 35.2 Å². The summed E-state index contributed by atoms with van der Waals surface area (Å²) in [6.45, 7) is 1.96. The minimum Gasteiger partial charge on any atom is -0.481 e. The molecule has 2 heterocycles. The van der Waals surface area contributed by atoms with Crippen LogP contribution in [0.1, 0.15) is 17.0 Å². The summed E-state index contributed by atoms with van der Waals surface area (Å²) in [5.41, 5.74) is 1.94. The molecule has 0 aliphatic carbocycles. The van der Waals surface area contributed by atoms with Gasteiger partial charge in [-0.15, -0.1) is 23.1 Å². The summed E-state index contributed by atoms with van der Waals surface area (Å²) in [7, 11) is 0. The fourth-order valence-electron chi connectivity index (χ4n) is 3.07. The molecule has 1 N–H and O–H groups in total. The number of aromatic nitrogens is 1. The second-order valence-electron chi connectivity index (χ2n) is 6.42. The van der Waals surface area contributed by atoms with Crippen molar-refractivity contribution in [2.45, 2.75) is 30.0 Å². The summed E-state index contributed by atoms with van der Waals surface area (Å²) in [6, 6.07) is 8.02. The average molecular weight is 420 g/mol. The number of carbonyl (C=O) groups excluding carboxylic acids is 1. The van der Waals surface area contributed by atoms with Crippen molar-refractivity contribution in [2.75, 3.05) is 4.90 Å². The van der Waals surface area contributed by atoms with Gasteiger partial charge in [0, 0.05) is 4.90 Å². The molecule has 144 valence electrons. The van der Waals surface area contributed by atoms with Crippen LogP contribution in [0.25, 0.3) is 10.2 Å². The van der Waals surface area contributed by atoms with Crippen molar-refractivity contribution in [3.8, 4) is 0 Å². The first kappa shape index (κ1) is 18.8. The molecule has 9 heteroatoms. The highest BCUT2D eigenvalue weighted by Gasteiger charge is 2.35. The Hall–Kier alpha value is -2.52. The lowest BCUT2D eigenvalue weighted by Crippen LogP contribution is -2.41. The van der Waals surface area contributed by atoms with Crippen LogP contribution < -0.4 is 4.90 Å². The van der Waals surface area contributed by atoms with E-state index in [2.05, 4.69) is 4.98 Å². The van der Waals surface area contributed by atoms with Gasteiger partial charge in [0.15, 0.2) is 11.6 Å². The molecule has 1 amide bonds. The van der Waals surface area contributed by atoms with Crippen molar-refractivity contribution in [3.05, 3.63) is 52.5 Å². The van der Waals surface area contributed by atoms with E-state index in [1.807, 2.05) is 25.1 Å². The van der Waals surface area contributed by atoms with Crippen LogP contribution in [0.2, 0.25) is 0 Å². The number of hydrogen-bond donors (Lipinski definition) is 1. The van der Waals surface area contributed by atoms with E-state index in [-0.39, 0.29) is 23.6 Å². The highest BCUT2D eigenvalue weighted by Crippen LogP contribution is 2.42. The number of rotatable bonds is 4. The Balaban J connectivity index is 1.74. The zero-order valence-electron chi connectivity index (χ0n) is 14.6. The molecule has 0 fully saturated rings. The molecule has 28 heavy (non-hydrogen) atoms. The van der Waals surface area contributed by atoms with Crippen LogP contribution in [-0.2, 0) is 16.1 Å². The van der Waals surface area contributed by atoms with Gasteiger partial charge < -0.3 is 10.0 Å². The lowest BCUT2D eigenvalue weighted by molar-refractivity contribution is -0.138. The zero-order chi connectivity index (χ0) is 20.0. The molecule has 1 aliphatic rings. The molecule has 0 bridgehead atoms. The van der Waals surface area contributed by atoms with E-state index in [1.165, 1.54) is 22.7 Å². The number of fused-ring (bicyclic) bond motifs is 2. The lowest BCUT2D eigenvalue weighted by atomic mass is 10.1. The van der Waals surface area contributed by atoms with E-state index < -0.39 is 22.9 Å². The number of thioether (sulfide) groups is 1. The van der Waals surface area contributed by atoms with Crippen LogP contribution in [-0.4, -0.2) is 27.2 Å². The fourth-order valence-corrected chi connectivity index (χ4v) is 5.25. The summed E-state index contributed by atoms with van der Waals surface area (Å²) in [5.74, 6) is -3.30. The summed E-state index contributed by atoms with van der Waals surface area (Å²) in [5, 5.41) is 8.82. The van der Waals surface area contributed by atoms with Crippen molar-refractivity contribution < 1.29 is 23.5 Å². The van der Waals surface area contributed by atoms with E-state index in [9.17, 15) is 18.4 Å². The lowest BCUT2D eigenvalue weighted by Gasteiger charge is -2.33. The Labute approximate surface area is 167 Å². The number of aliphatic carboxylic acids is 1. The monoisotopic (exact) mass is 420 g/mol. The first-order valence-electron chi connectivity index (χ1n) is 8.37. The Kier molecular flexibility index (Phi) is 4.80. The molecular formula is C19H14F2N2O3S2. The number of amides is 1. The topological polar surface area (TPSA) is 70.5 Å².